The Labute approximate surface area is 121 Å². The van der Waals surface area contributed by atoms with Gasteiger partial charge in [-0.2, -0.15) is 0 Å². The Morgan fingerprint density at radius 2 is 1.90 bits per heavy atom. The Morgan fingerprint density at radius 3 is 2.52 bits per heavy atom. The summed E-state index contributed by atoms with van der Waals surface area (Å²) < 4.78 is 5.05. The standard InChI is InChI=1S/C15H14N2O4/c1-9(18)17-13(10-6-4-3-5-7-10)12-11(8-21-14(12)19)16(2)15(17)20/h3-7,13H,8H2,1-2H3. The first-order valence-corrected chi connectivity index (χ1v) is 6.55. The van der Waals surface area contributed by atoms with E-state index in [9.17, 15) is 14.4 Å². The predicted octanol–water partition coefficient (Wildman–Crippen LogP) is 1.45. The van der Waals surface area contributed by atoms with Gasteiger partial charge in [0.25, 0.3) is 0 Å². The van der Waals surface area contributed by atoms with Crippen LogP contribution in [0.1, 0.15) is 18.5 Å². The molecular formula is C15H14N2O4. The lowest BCUT2D eigenvalue weighted by atomic mass is 9.94. The molecule has 0 radical (unpaired) electrons. The lowest BCUT2D eigenvalue weighted by molar-refractivity contribution is -0.136. The molecule has 3 amide bonds. The van der Waals surface area contributed by atoms with Crippen LogP contribution in [0.2, 0.25) is 0 Å². The highest BCUT2D eigenvalue weighted by atomic mass is 16.5. The van der Waals surface area contributed by atoms with E-state index in [0.717, 1.165) is 4.90 Å². The molecule has 0 bridgehead atoms. The fourth-order valence-corrected chi connectivity index (χ4v) is 2.74. The van der Waals surface area contributed by atoms with Crippen LogP contribution < -0.4 is 0 Å². The Kier molecular flexibility index (Phi) is 3.01. The zero-order valence-electron chi connectivity index (χ0n) is 11.7. The molecule has 2 aliphatic heterocycles. The first-order chi connectivity index (χ1) is 10.0. The number of likely N-dealkylation sites (N-methyl/N-ethyl adjacent to an activating group) is 1. The van der Waals surface area contributed by atoms with Crippen LogP contribution in [-0.4, -0.2) is 41.4 Å². The second kappa shape index (κ2) is 4.73. The largest absolute Gasteiger partial charge is 0.456 e. The third kappa shape index (κ3) is 1.91. The number of ether oxygens (including phenoxy) is 1. The normalized spacial score (nSPS) is 21.5. The van der Waals surface area contributed by atoms with Crippen molar-refractivity contribution in [1.82, 2.24) is 9.80 Å². The summed E-state index contributed by atoms with van der Waals surface area (Å²) in [6.45, 7) is 1.37. The first kappa shape index (κ1) is 13.4. The molecule has 3 rings (SSSR count). The summed E-state index contributed by atoms with van der Waals surface area (Å²) in [6.07, 6.45) is 0. The van der Waals surface area contributed by atoms with Gasteiger partial charge in [0.15, 0.2) is 0 Å². The van der Waals surface area contributed by atoms with E-state index < -0.39 is 23.9 Å². The maximum atomic E-state index is 12.4. The van der Waals surface area contributed by atoms with E-state index in [1.807, 2.05) is 6.07 Å². The highest BCUT2D eigenvalue weighted by molar-refractivity contribution is 6.02. The van der Waals surface area contributed by atoms with Crippen LogP contribution in [0.15, 0.2) is 41.6 Å². The third-order valence-corrected chi connectivity index (χ3v) is 3.75. The molecule has 6 heteroatoms. The molecule has 0 aromatic heterocycles. The molecule has 0 N–H and O–H groups in total. The Balaban J connectivity index is 2.22. The zero-order chi connectivity index (χ0) is 15.1. The monoisotopic (exact) mass is 286 g/mol. The van der Waals surface area contributed by atoms with Crippen LogP contribution in [0.5, 0.6) is 0 Å². The van der Waals surface area contributed by atoms with Gasteiger partial charge in [-0.1, -0.05) is 30.3 Å². The topological polar surface area (TPSA) is 66.9 Å². The third-order valence-electron chi connectivity index (χ3n) is 3.75. The number of cyclic esters (lactones) is 1. The summed E-state index contributed by atoms with van der Waals surface area (Å²) in [6, 6.07) is 7.84. The van der Waals surface area contributed by atoms with Gasteiger partial charge in [0.1, 0.15) is 12.6 Å². The van der Waals surface area contributed by atoms with E-state index in [0.29, 0.717) is 16.8 Å². The van der Waals surface area contributed by atoms with Crippen molar-refractivity contribution in [2.75, 3.05) is 13.7 Å². The first-order valence-electron chi connectivity index (χ1n) is 6.55. The average Bonchev–Trinajstić information content (AvgIpc) is 2.85. The van der Waals surface area contributed by atoms with Gasteiger partial charge in [-0.25, -0.2) is 9.59 Å². The molecule has 1 atom stereocenters. The molecule has 0 spiro atoms. The molecule has 2 aliphatic rings. The Bertz CT molecular complexity index is 666. The summed E-state index contributed by atoms with van der Waals surface area (Å²) in [4.78, 5) is 38.8. The van der Waals surface area contributed by atoms with Crippen LogP contribution in [0.25, 0.3) is 0 Å². The van der Waals surface area contributed by atoms with Crippen molar-refractivity contribution in [3.05, 3.63) is 47.2 Å². The SMILES string of the molecule is CC(=O)N1C(=O)N(C)C2=C(C(=O)OC2)C1c1ccccc1. The molecular weight excluding hydrogens is 272 g/mol. The van der Waals surface area contributed by atoms with Crippen molar-refractivity contribution in [1.29, 1.82) is 0 Å². The lowest BCUT2D eigenvalue weighted by Crippen LogP contribution is -2.50. The van der Waals surface area contributed by atoms with Gasteiger partial charge in [0.2, 0.25) is 5.91 Å². The summed E-state index contributed by atoms with van der Waals surface area (Å²) >= 11 is 0. The minimum absolute atomic E-state index is 0.0610. The maximum absolute atomic E-state index is 12.4. The van der Waals surface area contributed by atoms with E-state index in [-0.39, 0.29) is 6.61 Å². The minimum atomic E-state index is -0.725. The van der Waals surface area contributed by atoms with Crippen LogP contribution in [0.3, 0.4) is 0 Å². The highest BCUT2D eigenvalue weighted by Gasteiger charge is 2.47. The van der Waals surface area contributed by atoms with Crippen LogP contribution in [-0.2, 0) is 14.3 Å². The Morgan fingerprint density at radius 1 is 1.24 bits per heavy atom. The molecule has 6 nitrogen and oxygen atoms in total. The fraction of sp³-hybridized carbons (Fsp3) is 0.267. The molecule has 108 valence electrons. The van der Waals surface area contributed by atoms with E-state index in [1.54, 1.807) is 24.3 Å². The maximum Gasteiger partial charge on any atom is 0.338 e. The molecule has 0 saturated carbocycles. The molecule has 1 aromatic carbocycles. The number of imide groups is 1. The molecule has 0 saturated heterocycles. The molecule has 0 aliphatic carbocycles. The lowest BCUT2D eigenvalue weighted by Gasteiger charge is -2.37. The van der Waals surface area contributed by atoms with Crippen molar-refractivity contribution in [3.63, 3.8) is 0 Å². The molecule has 2 heterocycles. The van der Waals surface area contributed by atoms with Crippen molar-refractivity contribution in [2.45, 2.75) is 13.0 Å². The highest BCUT2D eigenvalue weighted by Crippen LogP contribution is 2.39. The average molecular weight is 286 g/mol. The van der Waals surface area contributed by atoms with Crippen LogP contribution in [0, 0.1) is 0 Å². The number of amides is 3. The van der Waals surface area contributed by atoms with E-state index >= 15 is 0 Å². The number of hydrogen-bond donors (Lipinski definition) is 0. The smallest absolute Gasteiger partial charge is 0.338 e. The second-order valence-electron chi connectivity index (χ2n) is 4.98. The summed E-state index contributed by atoms with van der Waals surface area (Å²) in [5.41, 5.74) is 1.59. The minimum Gasteiger partial charge on any atom is -0.456 e. The number of rotatable bonds is 1. The van der Waals surface area contributed by atoms with Crippen LogP contribution >= 0.6 is 0 Å². The van der Waals surface area contributed by atoms with Gasteiger partial charge in [0, 0.05) is 14.0 Å². The predicted molar refractivity (Wildman–Crippen MR) is 72.8 cm³/mol. The number of esters is 1. The number of carbonyl (C=O) groups excluding carboxylic acids is 3. The van der Waals surface area contributed by atoms with Gasteiger partial charge in [-0.3, -0.25) is 14.6 Å². The fourth-order valence-electron chi connectivity index (χ4n) is 2.74. The van der Waals surface area contributed by atoms with Crippen molar-refractivity contribution >= 4 is 17.9 Å². The molecule has 0 fully saturated rings. The van der Waals surface area contributed by atoms with E-state index in [2.05, 4.69) is 0 Å². The number of hydrogen-bond acceptors (Lipinski definition) is 4. The molecule has 21 heavy (non-hydrogen) atoms. The quantitative estimate of drug-likeness (QED) is 0.733. The Hall–Kier alpha value is -2.63. The number of urea groups is 1. The van der Waals surface area contributed by atoms with Gasteiger partial charge in [0.05, 0.1) is 11.3 Å². The van der Waals surface area contributed by atoms with E-state index in [1.165, 1.54) is 18.9 Å². The van der Waals surface area contributed by atoms with Gasteiger partial charge in [-0.15, -0.1) is 0 Å². The molecule has 1 aromatic rings. The van der Waals surface area contributed by atoms with Crippen LogP contribution in [0.4, 0.5) is 4.79 Å². The van der Waals surface area contributed by atoms with Crippen molar-refractivity contribution < 1.29 is 19.1 Å². The summed E-state index contributed by atoms with van der Waals surface area (Å²) in [5, 5.41) is 0. The van der Waals surface area contributed by atoms with Crippen molar-refractivity contribution in [3.8, 4) is 0 Å². The number of carbonyl (C=O) groups is 3. The van der Waals surface area contributed by atoms with Gasteiger partial charge < -0.3 is 4.74 Å². The molecule has 1 unspecified atom stereocenters. The number of benzene rings is 1. The van der Waals surface area contributed by atoms with Crippen molar-refractivity contribution in [2.24, 2.45) is 0 Å². The summed E-state index contributed by atoms with van der Waals surface area (Å²) in [5.74, 6) is -0.892. The van der Waals surface area contributed by atoms with Gasteiger partial charge >= 0.3 is 12.0 Å². The van der Waals surface area contributed by atoms with Gasteiger partial charge in [-0.05, 0) is 5.56 Å². The van der Waals surface area contributed by atoms with E-state index in [4.69, 9.17) is 4.74 Å². The second-order valence-corrected chi connectivity index (χ2v) is 4.98. The zero-order valence-corrected chi connectivity index (χ0v) is 11.7. The summed E-state index contributed by atoms with van der Waals surface area (Å²) in [7, 11) is 1.54. The number of nitrogens with zero attached hydrogens (tertiary/aromatic N) is 2.